The first-order valence-corrected chi connectivity index (χ1v) is 9.39. The van der Waals surface area contributed by atoms with Crippen molar-refractivity contribution in [2.75, 3.05) is 13.2 Å². The molecule has 2 aliphatic heterocycles. The van der Waals surface area contributed by atoms with Gasteiger partial charge in [-0.15, -0.1) is 0 Å². The van der Waals surface area contributed by atoms with E-state index in [-0.39, 0.29) is 12.5 Å². The van der Waals surface area contributed by atoms with Crippen molar-refractivity contribution in [2.24, 2.45) is 0 Å². The minimum Gasteiger partial charge on any atom is -0.394 e. The summed E-state index contributed by atoms with van der Waals surface area (Å²) < 4.78 is 22.7. The minimum absolute atomic E-state index is 0.302. The molecule has 0 spiro atoms. The van der Waals surface area contributed by atoms with Gasteiger partial charge in [-0.25, -0.2) is 0 Å². The monoisotopic (exact) mass is 477 g/mol. The number of hydrogen-bond donors (Lipinski definition) is 9. The zero-order chi connectivity index (χ0) is 25.9. The first kappa shape index (κ1) is 26.3. The van der Waals surface area contributed by atoms with E-state index in [1.807, 2.05) is 0 Å². The van der Waals surface area contributed by atoms with Gasteiger partial charge in [0, 0.05) is 13.8 Å². The molecule has 11 atom stereocenters. The molecule has 13 nitrogen and oxygen atoms in total. The fourth-order valence-electron chi connectivity index (χ4n) is 3.21. The van der Waals surface area contributed by atoms with E-state index in [1.54, 1.807) is 16.8 Å². The fourth-order valence-corrected chi connectivity index (χ4v) is 3.21. The molecule has 0 aromatic carbocycles. The summed E-state index contributed by atoms with van der Waals surface area (Å²) in [5, 5.41) is 65.2. The van der Waals surface area contributed by atoms with Crippen LogP contribution in [0.25, 0.3) is 0 Å². The Hall–Kier alpha value is -0.990. The predicted molar refractivity (Wildman–Crippen MR) is 110 cm³/mol. The number of ether oxygens (including phenoxy) is 2. The summed E-state index contributed by atoms with van der Waals surface area (Å²) in [6.07, 6.45) is -8.59. The molecule has 14 heteroatoms. The highest BCUT2D eigenvalue weighted by atomic mass is 31.0. The Bertz CT molecular complexity index is 595. The topological polar surface area (TPSA) is 218 Å². The summed E-state index contributed by atoms with van der Waals surface area (Å²) in [5.74, 6) is -0.756. The van der Waals surface area contributed by atoms with Gasteiger partial charge in [0.05, 0.1) is 26.6 Å². The molecular formula is C17H35N2O11P. The molecule has 5 unspecified atom stereocenters. The largest absolute Gasteiger partial charge is 0.394 e. The summed E-state index contributed by atoms with van der Waals surface area (Å²) in [5.41, 5.74) is 0. The molecule has 2 rings (SSSR count). The molecule has 0 aliphatic carbocycles. The number of aliphatic hydroxyl groups excluding tert-OH is 7. The minimum atomic E-state index is -1.37. The molecule has 2 fully saturated rings. The van der Waals surface area contributed by atoms with Crippen molar-refractivity contribution in [3.05, 3.63) is 0 Å². The molecule has 9 N–H and O–H groups in total. The van der Waals surface area contributed by atoms with Crippen LogP contribution in [-0.4, -0.2) is 125 Å². The second-order valence-corrected chi connectivity index (χ2v) is 7.20. The van der Waals surface area contributed by atoms with Gasteiger partial charge in [-0.2, -0.15) is 9.84 Å². The van der Waals surface area contributed by atoms with Crippen LogP contribution in [-0.2, 0) is 19.1 Å². The third kappa shape index (κ3) is 8.13. The van der Waals surface area contributed by atoms with Crippen molar-refractivity contribution in [1.29, 1.82) is 2.71 Å². The maximum atomic E-state index is 10.9. The lowest BCUT2D eigenvalue weighted by Crippen LogP contribution is -2.63. The van der Waals surface area contributed by atoms with Gasteiger partial charge < -0.3 is 55.9 Å². The quantitative estimate of drug-likeness (QED) is 0.171. The van der Waals surface area contributed by atoms with Crippen molar-refractivity contribution in [1.82, 2.24) is 10.6 Å². The van der Waals surface area contributed by atoms with Crippen molar-refractivity contribution >= 4 is 21.7 Å². The Morgan fingerprint density at radius 3 is 1.74 bits per heavy atom. The normalized spacial score (nSPS) is 40.6. The molecule has 31 heavy (non-hydrogen) atoms. The van der Waals surface area contributed by atoms with E-state index in [9.17, 15) is 30.0 Å². The van der Waals surface area contributed by atoms with Gasteiger partial charge in [-0.05, 0) is 6.92 Å². The Balaban J connectivity index is 0.000000578. The van der Waals surface area contributed by atoms with Crippen LogP contribution in [0, 0.1) is 0 Å². The van der Waals surface area contributed by atoms with Gasteiger partial charge in [-0.1, -0.05) is 0 Å². The molecule has 2 aliphatic rings. The number of rotatable bonds is 5. The van der Waals surface area contributed by atoms with Crippen LogP contribution in [0.5, 0.6) is 0 Å². The van der Waals surface area contributed by atoms with Crippen LogP contribution in [0.2, 0.25) is 0 Å². The SMILES string of the molecule is CC(=O)N[C@H]1C(O)[C@H](O)C(CO)O[C@H]1C.[2H]P.[3H]O[C@H]1OC(CO)[C@@H](O)C(O)[C@@H]1NC(C)=O. The lowest BCUT2D eigenvalue weighted by molar-refractivity contribution is -0.253. The maximum Gasteiger partial charge on any atom is 0.217 e. The van der Waals surface area contributed by atoms with Gasteiger partial charge >= 0.3 is 0 Å². The van der Waals surface area contributed by atoms with E-state index in [1.165, 1.54) is 13.8 Å². The first-order valence-electron chi connectivity index (χ1n) is 10.4. The highest BCUT2D eigenvalue weighted by Gasteiger charge is 2.44. The van der Waals surface area contributed by atoms with Gasteiger partial charge in [-0.3, -0.25) is 9.59 Å². The van der Waals surface area contributed by atoms with Gasteiger partial charge in [0.2, 0.25) is 13.2 Å². The lowest BCUT2D eigenvalue weighted by atomic mass is 9.93. The number of aliphatic hydroxyl groups is 7. The smallest absolute Gasteiger partial charge is 0.217 e. The Morgan fingerprint density at radius 1 is 0.903 bits per heavy atom. The number of amides is 2. The van der Waals surface area contributed by atoms with Crippen molar-refractivity contribution in [2.45, 2.75) is 81.9 Å². The molecule has 2 amide bonds. The Morgan fingerprint density at radius 2 is 1.32 bits per heavy atom. The molecule has 0 saturated carbocycles. The summed E-state index contributed by atoms with van der Waals surface area (Å²) in [4.78, 5) is 21.7. The Labute approximate surface area is 185 Å². The number of carbonyl (C=O) groups excluding carboxylic acids is 2. The number of nitrogens with one attached hydrogen (secondary N) is 2. The molecule has 2 heterocycles. The first-order chi connectivity index (χ1) is 15.5. The lowest BCUT2D eigenvalue weighted by Gasteiger charge is -2.41. The third-order valence-corrected chi connectivity index (χ3v) is 4.79. The molecule has 184 valence electrons. The highest BCUT2D eigenvalue weighted by molar-refractivity contribution is 6.92. The van der Waals surface area contributed by atoms with Gasteiger partial charge in [0.1, 0.15) is 42.7 Å². The zero-order valence-corrected chi connectivity index (χ0v) is 18.6. The molecule has 0 bridgehead atoms. The highest BCUT2D eigenvalue weighted by Crippen LogP contribution is 2.21. The van der Waals surface area contributed by atoms with Crippen LogP contribution in [0.1, 0.15) is 20.8 Å². The van der Waals surface area contributed by atoms with E-state index in [0.717, 1.165) is 0 Å². The van der Waals surface area contributed by atoms with Crippen LogP contribution in [0.15, 0.2) is 0 Å². The molecule has 0 radical (unpaired) electrons. The number of carbonyl (C=O) groups is 2. The second-order valence-electron chi connectivity index (χ2n) is 7.20. The maximum absolute atomic E-state index is 10.9. The second kappa shape index (κ2) is 13.5. The standard InChI is InChI=1S/C9H17NO5.C8H15NO6.H3P/c1-4-7(10-5(2)12)9(14)8(13)6(3-11)15-4;1-3(11)9-5-7(13)6(12)4(2-10)15-8(5)14;/h4,6-9,11,13-14H,3H2,1-2H3,(H,10,12);4-8,10,12-14H,2H2,1H3,(H,9,11);1H3/t4-,6?,7+,8+,9?;4?,5-,6+,7?,8-;/m00./s1/i;14T;1D. The number of hydrogen-bond acceptors (Lipinski definition) is 11. The van der Waals surface area contributed by atoms with E-state index >= 15 is 0 Å². The molecule has 0 aromatic rings. The van der Waals surface area contributed by atoms with E-state index in [2.05, 4.69) is 15.7 Å². The summed E-state index contributed by atoms with van der Waals surface area (Å²) >= 11 is 0. The van der Waals surface area contributed by atoms with Crippen molar-refractivity contribution in [3.63, 3.8) is 0 Å². The van der Waals surface area contributed by atoms with Gasteiger partial charge in [0.15, 0.2) is 6.29 Å². The van der Waals surface area contributed by atoms with E-state index in [0.29, 0.717) is 0 Å². The Kier molecular flexibility index (Phi) is 11.5. The van der Waals surface area contributed by atoms with Crippen molar-refractivity contribution in [3.8, 4) is 0 Å². The zero-order valence-electron chi connectivity index (χ0n) is 19.5. The van der Waals surface area contributed by atoms with Crippen molar-refractivity contribution < 1.29 is 54.8 Å². The molecule has 2 saturated heterocycles. The average molecular weight is 477 g/mol. The summed E-state index contributed by atoms with van der Waals surface area (Å²) in [6.45, 7) is 3.32. The summed E-state index contributed by atoms with van der Waals surface area (Å²) in [6, 6.07) is -1.70. The third-order valence-electron chi connectivity index (χ3n) is 4.79. The predicted octanol–water partition coefficient (Wildman–Crippen LogP) is -5.03. The van der Waals surface area contributed by atoms with E-state index < -0.39 is 73.6 Å². The van der Waals surface area contributed by atoms with Gasteiger partial charge in [0.25, 0.3) is 0 Å². The fraction of sp³-hybridized carbons (Fsp3) is 0.882. The van der Waals surface area contributed by atoms with Crippen LogP contribution < -0.4 is 10.6 Å². The molecular weight excluding hydrogens is 439 g/mol. The summed E-state index contributed by atoms with van der Waals surface area (Å²) in [7, 11) is 1.67. The van der Waals surface area contributed by atoms with Crippen LogP contribution in [0.4, 0.5) is 0 Å². The van der Waals surface area contributed by atoms with Crippen LogP contribution >= 0.6 is 9.84 Å². The molecule has 0 aromatic heterocycles. The van der Waals surface area contributed by atoms with E-state index in [4.69, 9.17) is 22.4 Å². The van der Waals surface area contributed by atoms with Crippen LogP contribution in [0.3, 0.4) is 0 Å². The average Bonchev–Trinajstić information content (AvgIpc) is 2.78.